The lowest BCUT2D eigenvalue weighted by Gasteiger charge is -2.21. The van der Waals surface area contributed by atoms with Crippen molar-refractivity contribution in [2.75, 3.05) is 5.32 Å². The van der Waals surface area contributed by atoms with Crippen LogP contribution in [0.25, 0.3) is 0 Å². The smallest absolute Gasteiger partial charge is 0.231 e. The fourth-order valence-corrected chi connectivity index (χ4v) is 1.09. The van der Waals surface area contributed by atoms with Crippen molar-refractivity contribution in [2.24, 2.45) is 5.41 Å². The standard InChI is InChI=1S/C12H17BN2O/c1-5-12(3,4)11(16)15-10-7-6-9(13)8(2)14-10/h6-7H,5H2,1-4H3,(H,14,15,16). The molecule has 0 atom stereocenters. The Kier molecular flexibility index (Phi) is 3.73. The molecule has 0 aliphatic heterocycles. The van der Waals surface area contributed by atoms with Crippen molar-refractivity contribution in [2.45, 2.75) is 34.1 Å². The van der Waals surface area contributed by atoms with Gasteiger partial charge in [0.1, 0.15) is 13.7 Å². The summed E-state index contributed by atoms with van der Waals surface area (Å²) in [6, 6.07) is 3.46. The molecule has 0 bridgehead atoms. The van der Waals surface area contributed by atoms with Gasteiger partial charge >= 0.3 is 0 Å². The summed E-state index contributed by atoms with van der Waals surface area (Å²) in [5, 5.41) is 2.80. The lowest BCUT2D eigenvalue weighted by Crippen LogP contribution is -2.30. The van der Waals surface area contributed by atoms with Gasteiger partial charge in [0, 0.05) is 11.1 Å². The molecule has 0 unspecified atom stereocenters. The second-order valence-corrected chi connectivity index (χ2v) is 4.56. The number of nitrogens with one attached hydrogen (secondary N) is 1. The van der Waals surface area contributed by atoms with Crippen molar-refractivity contribution in [1.82, 2.24) is 4.98 Å². The number of hydrogen-bond acceptors (Lipinski definition) is 2. The summed E-state index contributed by atoms with van der Waals surface area (Å²) in [6.07, 6.45) is 0.785. The third-order valence-electron chi connectivity index (χ3n) is 2.87. The molecule has 1 aromatic rings. The Morgan fingerprint density at radius 1 is 1.50 bits per heavy atom. The number of carbonyl (C=O) groups is 1. The van der Waals surface area contributed by atoms with Crippen molar-refractivity contribution in [3.8, 4) is 0 Å². The molecule has 0 saturated carbocycles. The maximum absolute atomic E-state index is 11.9. The summed E-state index contributed by atoms with van der Waals surface area (Å²) in [4.78, 5) is 16.1. The largest absolute Gasteiger partial charge is 0.310 e. The summed E-state index contributed by atoms with van der Waals surface area (Å²) in [5.74, 6) is 0.532. The number of carbonyl (C=O) groups excluding carboxylic acids is 1. The van der Waals surface area contributed by atoms with Crippen molar-refractivity contribution >= 4 is 25.0 Å². The van der Waals surface area contributed by atoms with Crippen LogP contribution in [0.5, 0.6) is 0 Å². The minimum atomic E-state index is -0.378. The lowest BCUT2D eigenvalue weighted by molar-refractivity contribution is -0.124. The van der Waals surface area contributed by atoms with Gasteiger partial charge in [0.05, 0.1) is 0 Å². The van der Waals surface area contributed by atoms with Gasteiger partial charge in [-0.3, -0.25) is 4.79 Å². The van der Waals surface area contributed by atoms with Crippen LogP contribution in [0.3, 0.4) is 0 Å². The predicted molar refractivity (Wildman–Crippen MR) is 67.1 cm³/mol. The van der Waals surface area contributed by atoms with E-state index in [9.17, 15) is 4.79 Å². The van der Waals surface area contributed by atoms with Crippen LogP contribution in [0.1, 0.15) is 32.9 Å². The predicted octanol–water partition coefficient (Wildman–Crippen LogP) is 1.56. The first-order valence-electron chi connectivity index (χ1n) is 5.41. The molecular weight excluding hydrogens is 199 g/mol. The first kappa shape index (κ1) is 12.8. The van der Waals surface area contributed by atoms with Gasteiger partial charge in [0.2, 0.25) is 5.91 Å². The third-order valence-corrected chi connectivity index (χ3v) is 2.87. The highest BCUT2D eigenvalue weighted by atomic mass is 16.2. The van der Waals surface area contributed by atoms with E-state index in [-0.39, 0.29) is 11.3 Å². The van der Waals surface area contributed by atoms with Gasteiger partial charge in [-0.2, -0.15) is 0 Å². The molecule has 1 heterocycles. The Balaban J connectivity index is 2.82. The number of anilines is 1. The fraction of sp³-hybridized carbons (Fsp3) is 0.500. The number of hydrogen-bond donors (Lipinski definition) is 1. The molecule has 3 nitrogen and oxygen atoms in total. The molecule has 1 N–H and O–H groups in total. The van der Waals surface area contributed by atoms with Crippen molar-refractivity contribution in [1.29, 1.82) is 0 Å². The maximum atomic E-state index is 11.9. The number of aryl methyl sites for hydroxylation is 1. The first-order chi connectivity index (χ1) is 7.36. The van der Waals surface area contributed by atoms with Crippen LogP contribution in [-0.2, 0) is 4.79 Å². The van der Waals surface area contributed by atoms with Gasteiger partial charge < -0.3 is 5.32 Å². The Morgan fingerprint density at radius 3 is 2.62 bits per heavy atom. The zero-order valence-corrected chi connectivity index (χ0v) is 10.3. The highest BCUT2D eigenvalue weighted by molar-refractivity contribution is 6.33. The molecule has 2 radical (unpaired) electrons. The zero-order valence-electron chi connectivity index (χ0n) is 10.3. The second kappa shape index (κ2) is 4.68. The van der Waals surface area contributed by atoms with Crippen LogP contribution in [-0.4, -0.2) is 18.7 Å². The molecule has 16 heavy (non-hydrogen) atoms. The Hall–Kier alpha value is -1.32. The first-order valence-corrected chi connectivity index (χ1v) is 5.41. The molecule has 1 amide bonds. The number of aromatic nitrogens is 1. The fourth-order valence-electron chi connectivity index (χ4n) is 1.09. The number of amides is 1. The van der Waals surface area contributed by atoms with E-state index in [0.29, 0.717) is 11.3 Å². The van der Waals surface area contributed by atoms with Gasteiger partial charge in [-0.25, -0.2) is 4.98 Å². The van der Waals surface area contributed by atoms with Crippen LogP contribution in [0.4, 0.5) is 5.82 Å². The molecule has 84 valence electrons. The van der Waals surface area contributed by atoms with Crippen molar-refractivity contribution in [3.63, 3.8) is 0 Å². The second-order valence-electron chi connectivity index (χ2n) is 4.56. The van der Waals surface area contributed by atoms with Gasteiger partial charge in [-0.15, -0.1) is 0 Å². The number of pyridine rings is 1. The topological polar surface area (TPSA) is 42.0 Å². The Labute approximate surface area is 98.1 Å². The van der Waals surface area contributed by atoms with E-state index in [4.69, 9.17) is 7.85 Å². The summed E-state index contributed by atoms with van der Waals surface area (Å²) in [5.41, 5.74) is 0.983. The van der Waals surface area contributed by atoms with E-state index in [1.54, 1.807) is 12.1 Å². The van der Waals surface area contributed by atoms with E-state index in [0.717, 1.165) is 12.1 Å². The molecule has 0 aromatic carbocycles. The summed E-state index contributed by atoms with van der Waals surface area (Å²) < 4.78 is 0. The highest BCUT2D eigenvalue weighted by Gasteiger charge is 2.25. The van der Waals surface area contributed by atoms with Gasteiger partial charge in [-0.1, -0.05) is 32.3 Å². The third kappa shape index (κ3) is 2.84. The van der Waals surface area contributed by atoms with E-state index in [2.05, 4.69) is 10.3 Å². The number of rotatable bonds is 3. The van der Waals surface area contributed by atoms with E-state index >= 15 is 0 Å². The molecule has 1 rings (SSSR count). The Morgan fingerprint density at radius 2 is 2.12 bits per heavy atom. The van der Waals surface area contributed by atoms with Gasteiger partial charge in [-0.05, 0) is 19.4 Å². The highest BCUT2D eigenvalue weighted by Crippen LogP contribution is 2.21. The molecule has 0 saturated heterocycles. The Bertz CT molecular complexity index is 402. The zero-order chi connectivity index (χ0) is 12.3. The van der Waals surface area contributed by atoms with E-state index in [1.165, 1.54) is 0 Å². The maximum Gasteiger partial charge on any atom is 0.231 e. The molecule has 4 heteroatoms. The number of nitrogens with zero attached hydrogens (tertiary/aromatic N) is 1. The average Bonchev–Trinajstić information content (AvgIpc) is 2.23. The molecule has 1 aromatic heterocycles. The molecular formula is C12H17BN2O. The monoisotopic (exact) mass is 216 g/mol. The van der Waals surface area contributed by atoms with Crippen LogP contribution >= 0.6 is 0 Å². The summed E-state index contributed by atoms with van der Waals surface area (Å²) in [6.45, 7) is 7.62. The quantitative estimate of drug-likeness (QED) is 0.779. The van der Waals surface area contributed by atoms with Crippen molar-refractivity contribution < 1.29 is 4.79 Å². The molecule has 0 fully saturated rings. The normalized spacial score (nSPS) is 11.2. The van der Waals surface area contributed by atoms with Crippen LogP contribution < -0.4 is 10.8 Å². The summed E-state index contributed by atoms with van der Waals surface area (Å²) in [7, 11) is 5.66. The minimum absolute atomic E-state index is 0.0216. The SMILES string of the molecule is [B]c1ccc(NC(=O)C(C)(C)CC)nc1C. The van der Waals surface area contributed by atoms with E-state index < -0.39 is 0 Å². The molecule has 0 aliphatic rings. The van der Waals surface area contributed by atoms with Crippen molar-refractivity contribution in [3.05, 3.63) is 17.8 Å². The van der Waals surface area contributed by atoms with E-state index in [1.807, 2.05) is 27.7 Å². The van der Waals surface area contributed by atoms with Crippen LogP contribution in [0.15, 0.2) is 12.1 Å². The molecule has 0 spiro atoms. The summed E-state index contributed by atoms with van der Waals surface area (Å²) >= 11 is 0. The van der Waals surface area contributed by atoms with Gasteiger partial charge in [0.15, 0.2) is 0 Å². The lowest BCUT2D eigenvalue weighted by atomic mass is 9.89. The average molecular weight is 216 g/mol. The van der Waals surface area contributed by atoms with Crippen LogP contribution in [0, 0.1) is 12.3 Å². The van der Waals surface area contributed by atoms with Crippen LogP contribution in [0.2, 0.25) is 0 Å². The minimum Gasteiger partial charge on any atom is -0.310 e. The van der Waals surface area contributed by atoms with Gasteiger partial charge in [0.25, 0.3) is 0 Å². The molecule has 0 aliphatic carbocycles.